The normalized spacial score (nSPS) is 30.1. The molecule has 3 heterocycles. The molecule has 1 saturated carbocycles. The molecule has 0 aromatic carbocycles. The third kappa shape index (κ3) is 2.32. The van der Waals surface area contributed by atoms with Crippen molar-refractivity contribution in [3.63, 3.8) is 0 Å². The van der Waals surface area contributed by atoms with E-state index in [2.05, 4.69) is 16.0 Å². The summed E-state index contributed by atoms with van der Waals surface area (Å²) in [5.74, 6) is -0.229. The van der Waals surface area contributed by atoms with Crippen LogP contribution in [0.2, 0.25) is 0 Å². The first kappa shape index (κ1) is 14.1. The first-order valence-electron chi connectivity index (χ1n) is 8.29. The van der Waals surface area contributed by atoms with Crippen LogP contribution in [0, 0.1) is 0 Å². The van der Waals surface area contributed by atoms with Gasteiger partial charge in [-0.3, -0.25) is 14.7 Å². The molecule has 1 amide bonds. The van der Waals surface area contributed by atoms with Crippen molar-refractivity contribution in [3.05, 3.63) is 30.1 Å². The standard InChI is InChI=1S/C17H22FN3O/c18-17(6-2-7-17)16(22)21-14-4-5-15(21)12-20(11-14)10-13-3-1-8-19-9-13/h1,3,8-9,14-15H,2,4-7,10-12H2. The average molecular weight is 303 g/mol. The summed E-state index contributed by atoms with van der Waals surface area (Å²) in [5.41, 5.74) is -0.352. The van der Waals surface area contributed by atoms with Crippen molar-refractivity contribution in [2.45, 2.75) is 56.4 Å². The maximum atomic E-state index is 14.5. The second-order valence-corrected chi connectivity index (χ2v) is 6.97. The van der Waals surface area contributed by atoms with Gasteiger partial charge >= 0.3 is 0 Å². The zero-order valence-corrected chi connectivity index (χ0v) is 12.7. The van der Waals surface area contributed by atoms with Crippen molar-refractivity contribution in [1.82, 2.24) is 14.8 Å². The number of rotatable bonds is 3. The molecule has 3 fully saturated rings. The topological polar surface area (TPSA) is 36.4 Å². The van der Waals surface area contributed by atoms with Crippen molar-refractivity contribution in [3.8, 4) is 0 Å². The molecule has 22 heavy (non-hydrogen) atoms. The van der Waals surface area contributed by atoms with Crippen molar-refractivity contribution < 1.29 is 9.18 Å². The Labute approximate surface area is 130 Å². The Bertz CT molecular complexity index is 546. The highest BCUT2D eigenvalue weighted by molar-refractivity contribution is 5.87. The minimum absolute atomic E-state index is 0.191. The van der Waals surface area contributed by atoms with Gasteiger partial charge in [-0.2, -0.15) is 0 Å². The molecular weight excluding hydrogens is 281 g/mol. The number of alkyl halides is 1. The van der Waals surface area contributed by atoms with Gasteiger partial charge in [0, 0.05) is 44.1 Å². The Kier molecular flexibility index (Phi) is 3.40. The van der Waals surface area contributed by atoms with Crippen molar-refractivity contribution in [2.24, 2.45) is 0 Å². The molecule has 5 heteroatoms. The van der Waals surface area contributed by atoms with E-state index in [9.17, 15) is 9.18 Å². The molecule has 0 radical (unpaired) electrons. The molecular formula is C17H22FN3O. The number of nitrogens with zero attached hydrogens (tertiary/aromatic N) is 3. The molecule has 3 aliphatic rings. The summed E-state index contributed by atoms with van der Waals surface area (Å²) in [5, 5.41) is 0. The summed E-state index contributed by atoms with van der Waals surface area (Å²) < 4.78 is 14.5. The zero-order chi connectivity index (χ0) is 15.2. The highest BCUT2D eigenvalue weighted by atomic mass is 19.1. The molecule has 2 unspecified atom stereocenters. The predicted octanol–water partition coefficient (Wildman–Crippen LogP) is 2.15. The molecule has 1 aromatic heterocycles. The first-order valence-corrected chi connectivity index (χ1v) is 8.29. The van der Waals surface area contributed by atoms with Crippen LogP contribution in [0.1, 0.15) is 37.7 Å². The molecule has 1 aromatic rings. The molecule has 0 N–H and O–H groups in total. The first-order chi connectivity index (χ1) is 10.7. The number of fused-ring (bicyclic) bond motifs is 2. The molecule has 2 atom stereocenters. The van der Waals surface area contributed by atoms with Crippen molar-refractivity contribution >= 4 is 5.91 Å². The van der Waals surface area contributed by atoms with Crippen LogP contribution < -0.4 is 0 Å². The van der Waals surface area contributed by atoms with E-state index in [1.54, 1.807) is 6.20 Å². The van der Waals surface area contributed by atoms with Crippen LogP contribution in [0.25, 0.3) is 0 Å². The van der Waals surface area contributed by atoms with E-state index in [0.717, 1.165) is 38.9 Å². The number of carbonyl (C=O) groups is 1. The highest BCUT2D eigenvalue weighted by Crippen LogP contribution is 2.41. The third-order valence-electron chi connectivity index (χ3n) is 5.45. The Morgan fingerprint density at radius 3 is 2.59 bits per heavy atom. The summed E-state index contributed by atoms with van der Waals surface area (Å²) in [6.45, 7) is 2.57. The molecule has 0 spiro atoms. The number of aromatic nitrogens is 1. The summed E-state index contributed by atoms with van der Waals surface area (Å²) in [6, 6.07) is 4.41. The average Bonchev–Trinajstić information content (AvgIpc) is 2.76. The third-order valence-corrected chi connectivity index (χ3v) is 5.45. The zero-order valence-electron chi connectivity index (χ0n) is 12.7. The Morgan fingerprint density at radius 2 is 2.05 bits per heavy atom. The van der Waals surface area contributed by atoms with Crippen LogP contribution in [-0.4, -0.2) is 51.5 Å². The van der Waals surface area contributed by atoms with Crippen LogP contribution in [-0.2, 0) is 11.3 Å². The second kappa shape index (κ2) is 5.30. The number of carbonyl (C=O) groups excluding carboxylic acids is 1. The number of hydrogen-bond donors (Lipinski definition) is 0. The van der Waals surface area contributed by atoms with Gasteiger partial charge in [-0.1, -0.05) is 6.07 Å². The maximum Gasteiger partial charge on any atom is 0.260 e. The quantitative estimate of drug-likeness (QED) is 0.858. The lowest BCUT2D eigenvalue weighted by Gasteiger charge is -2.45. The summed E-state index contributed by atoms with van der Waals surface area (Å²) >= 11 is 0. The molecule has 2 saturated heterocycles. The number of pyridine rings is 1. The van der Waals surface area contributed by atoms with Gasteiger partial charge in [0.25, 0.3) is 5.91 Å². The summed E-state index contributed by atoms with van der Waals surface area (Å²) in [6.07, 6.45) is 7.38. The lowest BCUT2D eigenvalue weighted by Crippen LogP contribution is -2.61. The maximum absolute atomic E-state index is 14.5. The molecule has 2 aliphatic heterocycles. The molecule has 1 aliphatic carbocycles. The van der Waals surface area contributed by atoms with E-state index in [1.165, 1.54) is 5.56 Å². The van der Waals surface area contributed by atoms with Crippen molar-refractivity contribution in [1.29, 1.82) is 0 Å². The minimum atomic E-state index is -1.55. The molecule has 4 nitrogen and oxygen atoms in total. The second-order valence-electron chi connectivity index (χ2n) is 6.97. The number of halogens is 1. The van der Waals surface area contributed by atoms with Gasteiger partial charge in [0.1, 0.15) is 0 Å². The molecule has 4 rings (SSSR count). The Hall–Kier alpha value is -1.49. The van der Waals surface area contributed by atoms with E-state index in [-0.39, 0.29) is 18.0 Å². The predicted molar refractivity (Wildman–Crippen MR) is 80.9 cm³/mol. The summed E-state index contributed by atoms with van der Waals surface area (Å²) in [4.78, 5) is 21.0. The van der Waals surface area contributed by atoms with Crippen LogP contribution in [0.15, 0.2) is 24.5 Å². The fraction of sp³-hybridized carbons (Fsp3) is 0.647. The molecule has 2 bridgehead atoms. The van der Waals surface area contributed by atoms with Gasteiger partial charge in [0.05, 0.1) is 0 Å². The fourth-order valence-electron chi connectivity index (χ4n) is 4.13. The number of piperazine rings is 1. The largest absolute Gasteiger partial charge is 0.331 e. The van der Waals surface area contributed by atoms with Gasteiger partial charge in [-0.05, 0) is 43.7 Å². The Morgan fingerprint density at radius 1 is 1.32 bits per heavy atom. The number of amides is 1. The van der Waals surface area contributed by atoms with Gasteiger partial charge in [0.2, 0.25) is 0 Å². The van der Waals surface area contributed by atoms with Gasteiger partial charge in [-0.15, -0.1) is 0 Å². The van der Waals surface area contributed by atoms with Crippen LogP contribution >= 0.6 is 0 Å². The number of hydrogen-bond acceptors (Lipinski definition) is 3. The van der Waals surface area contributed by atoms with Crippen molar-refractivity contribution in [2.75, 3.05) is 13.1 Å². The lowest BCUT2D eigenvalue weighted by molar-refractivity contribution is -0.156. The van der Waals surface area contributed by atoms with Gasteiger partial charge in [-0.25, -0.2) is 4.39 Å². The van der Waals surface area contributed by atoms with E-state index in [4.69, 9.17) is 0 Å². The van der Waals surface area contributed by atoms with E-state index >= 15 is 0 Å². The van der Waals surface area contributed by atoms with Crippen LogP contribution in [0.5, 0.6) is 0 Å². The van der Waals surface area contributed by atoms with Crippen LogP contribution in [0.4, 0.5) is 4.39 Å². The Balaban J connectivity index is 1.44. The van der Waals surface area contributed by atoms with Gasteiger partial charge in [0.15, 0.2) is 5.67 Å². The lowest BCUT2D eigenvalue weighted by atomic mass is 9.80. The van der Waals surface area contributed by atoms with Gasteiger partial charge < -0.3 is 4.90 Å². The SMILES string of the molecule is O=C(N1C2CCC1CN(Cc1cccnc1)C2)C1(F)CCC1. The van der Waals surface area contributed by atoms with E-state index in [0.29, 0.717) is 12.8 Å². The highest BCUT2D eigenvalue weighted by Gasteiger charge is 2.52. The number of likely N-dealkylation sites (tertiary alicyclic amines) is 1. The van der Waals surface area contributed by atoms with E-state index in [1.807, 2.05) is 17.2 Å². The van der Waals surface area contributed by atoms with E-state index < -0.39 is 5.67 Å². The van der Waals surface area contributed by atoms with Crippen LogP contribution in [0.3, 0.4) is 0 Å². The monoisotopic (exact) mass is 303 g/mol. The summed E-state index contributed by atoms with van der Waals surface area (Å²) in [7, 11) is 0. The minimum Gasteiger partial charge on any atom is -0.331 e. The fourth-order valence-corrected chi connectivity index (χ4v) is 4.13. The smallest absolute Gasteiger partial charge is 0.260 e. The molecule has 118 valence electrons.